The van der Waals surface area contributed by atoms with Gasteiger partial charge in [-0.2, -0.15) is 10.5 Å². The van der Waals surface area contributed by atoms with Gasteiger partial charge in [-0.05, 0) is 18.1 Å². The van der Waals surface area contributed by atoms with Gasteiger partial charge in [0.15, 0.2) is 11.6 Å². The van der Waals surface area contributed by atoms with Crippen LogP contribution in [0.15, 0.2) is 34.9 Å². The van der Waals surface area contributed by atoms with E-state index in [-0.39, 0.29) is 22.7 Å². The van der Waals surface area contributed by atoms with Gasteiger partial charge in [-0.25, -0.2) is 0 Å². The minimum absolute atomic E-state index is 0.0589. The van der Waals surface area contributed by atoms with Gasteiger partial charge in [0, 0.05) is 22.2 Å². The fraction of sp³-hybridized carbons (Fsp3) is 0.500. The standard InChI is InChI=1S/C20H20N2O3/c1-18(2)16-14(24)8-19(3)6-11(9-21)13(23)5-15(19)20(16,4)7-12(10-22)17(18)25/h5-7,14,16,24H,8H2,1-4H3/t14-,16-,19?,20+/m0/s1. The maximum Gasteiger partial charge on any atom is 0.196 e. The molecule has 1 fully saturated rings. The molecule has 1 N–H and O–H groups in total. The number of nitrogens with zero attached hydrogens (tertiary/aromatic N) is 2. The number of aliphatic hydroxyl groups is 1. The number of carbonyl (C=O) groups is 2. The number of nitriles is 2. The maximum absolute atomic E-state index is 12.7. The first kappa shape index (κ1) is 17.3. The highest BCUT2D eigenvalue weighted by Crippen LogP contribution is 2.63. The Bertz CT molecular complexity index is 878. The van der Waals surface area contributed by atoms with Crippen molar-refractivity contribution in [3.8, 4) is 12.1 Å². The second-order valence-electron chi connectivity index (χ2n) is 8.26. The van der Waals surface area contributed by atoms with Crippen LogP contribution in [0.25, 0.3) is 0 Å². The molecule has 128 valence electrons. The molecule has 3 aliphatic rings. The fourth-order valence-corrected chi connectivity index (χ4v) is 5.32. The van der Waals surface area contributed by atoms with E-state index < -0.39 is 28.3 Å². The number of fused-ring (bicyclic) bond motifs is 3. The predicted octanol–water partition coefficient (Wildman–Crippen LogP) is 2.40. The molecule has 0 aromatic carbocycles. The molecule has 1 unspecified atom stereocenters. The molecule has 0 saturated heterocycles. The zero-order valence-electron chi connectivity index (χ0n) is 14.8. The third-order valence-electron chi connectivity index (χ3n) is 6.16. The summed E-state index contributed by atoms with van der Waals surface area (Å²) >= 11 is 0. The Labute approximate surface area is 146 Å². The average Bonchev–Trinajstić information content (AvgIpc) is 2.51. The molecule has 0 amide bonds. The van der Waals surface area contributed by atoms with Crippen molar-refractivity contribution in [2.75, 3.05) is 0 Å². The molecule has 0 bridgehead atoms. The molecule has 4 atom stereocenters. The van der Waals surface area contributed by atoms with E-state index in [4.69, 9.17) is 0 Å². The number of ketones is 2. The molecule has 3 aliphatic carbocycles. The number of carbonyl (C=O) groups excluding carboxylic acids is 2. The van der Waals surface area contributed by atoms with E-state index in [2.05, 4.69) is 0 Å². The van der Waals surface area contributed by atoms with Crippen LogP contribution in [0, 0.1) is 44.8 Å². The van der Waals surface area contributed by atoms with E-state index in [0.29, 0.717) is 6.42 Å². The Morgan fingerprint density at radius 2 is 1.68 bits per heavy atom. The van der Waals surface area contributed by atoms with E-state index in [9.17, 15) is 25.2 Å². The van der Waals surface area contributed by atoms with Gasteiger partial charge >= 0.3 is 0 Å². The molecule has 25 heavy (non-hydrogen) atoms. The quantitative estimate of drug-likeness (QED) is 0.732. The van der Waals surface area contributed by atoms with Crippen molar-refractivity contribution in [3.63, 3.8) is 0 Å². The zero-order chi connectivity index (χ0) is 18.8. The summed E-state index contributed by atoms with van der Waals surface area (Å²) in [6, 6.07) is 3.89. The molecule has 0 aromatic heterocycles. The minimum Gasteiger partial charge on any atom is -0.393 e. The van der Waals surface area contributed by atoms with Gasteiger partial charge in [0.2, 0.25) is 0 Å². The van der Waals surface area contributed by atoms with Gasteiger partial charge in [0.05, 0.1) is 17.3 Å². The van der Waals surface area contributed by atoms with Crippen LogP contribution >= 0.6 is 0 Å². The Hall–Kier alpha value is -2.50. The fourth-order valence-electron chi connectivity index (χ4n) is 5.32. The van der Waals surface area contributed by atoms with E-state index in [1.807, 2.05) is 26.0 Å². The molecule has 0 aromatic rings. The Balaban J connectivity index is 2.31. The first-order valence-electron chi connectivity index (χ1n) is 8.27. The van der Waals surface area contributed by atoms with E-state index in [0.717, 1.165) is 5.57 Å². The third-order valence-corrected chi connectivity index (χ3v) is 6.16. The molecular weight excluding hydrogens is 316 g/mol. The van der Waals surface area contributed by atoms with Gasteiger partial charge in [-0.3, -0.25) is 9.59 Å². The molecule has 5 nitrogen and oxygen atoms in total. The van der Waals surface area contributed by atoms with Crippen molar-refractivity contribution in [2.24, 2.45) is 22.2 Å². The second-order valence-corrected chi connectivity index (χ2v) is 8.26. The SMILES string of the molecule is CC12C=C(C#N)C(=O)C=C1[C@@]1(C)C=C(C#N)C(=O)C(C)(C)[C@@H]1[C@@H](O)C2. The lowest BCUT2D eigenvalue weighted by atomic mass is 9.45. The summed E-state index contributed by atoms with van der Waals surface area (Å²) in [6.07, 6.45) is 4.22. The predicted molar refractivity (Wildman–Crippen MR) is 89.6 cm³/mol. The zero-order valence-corrected chi connectivity index (χ0v) is 14.8. The lowest BCUT2D eigenvalue weighted by molar-refractivity contribution is -0.138. The number of Topliss-reactive ketones (excluding diaryl/α,β-unsaturated/α-hetero) is 1. The monoisotopic (exact) mass is 336 g/mol. The van der Waals surface area contributed by atoms with Crippen LogP contribution in [0.4, 0.5) is 0 Å². The first-order valence-corrected chi connectivity index (χ1v) is 8.27. The maximum atomic E-state index is 12.7. The molecule has 0 heterocycles. The smallest absolute Gasteiger partial charge is 0.196 e. The summed E-state index contributed by atoms with van der Waals surface area (Å²) < 4.78 is 0. The third kappa shape index (κ3) is 2.09. The summed E-state index contributed by atoms with van der Waals surface area (Å²) in [6.45, 7) is 7.25. The largest absolute Gasteiger partial charge is 0.393 e. The Morgan fingerprint density at radius 3 is 2.24 bits per heavy atom. The Morgan fingerprint density at radius 1 is 1.08 bits per heavy atom. The van der Waals surface area contributed by atoms with Crippen LogP contribution in [0.5, 0.6) is 0 Å². The number of rotatable bonds is 0. The lowest BCUT2D eigenvalue weighted by Gasteiger charge is -2.58. The van der Waals surface area contributed by atoms with E-state index >= 15 is 0 Å². The topological polar surface area (TPSA) is 102 Å². The normalized spacial score (nSPS) is 39.1. The summed E-state index contributed by atoms with van der Waals surface area (Å²) in [5, 5.41) is 29.5. The highest BCUT2D eigenvalue weighted by atomic mass is 16.3. The number of hydrogen-bond acceptors (Lipinski definition) is 5. The average molecular weight is 336 g/mol. The van der Waals surface area contributed by atoms with Crippen molar-refractivity contribution in [3.05, 3.63) is 34.9 Å². The molecule has 0 aliphatic heterocycles. The van der Waals surface area contributed by atoms with Gasteiger partial charge in [0.1, 0.15) is 12.1 Å². The van der Waals surface area contributed by atoms with Gasteiger partial charge < -0.3 is 5.11 Å². The number of hydrogen-bond donors (Lipinski definition) is 1. The van der Waals surface area contributed by atoms with Crippen molar-refractivity contribution >= 4 is 11.6 Å². The van der Waals surface area contributed by atoms with Crippen LogP contribution < -0.4 is 0 Å². The van der Waals surface area contributed by atoms with Crippen LogP contribution in [-0.4, -0.2) is 22.8 Å². The Kier molecular flexibility index (Phi) is 3.47. The highest BCUT2D eigenvalue weighted by Gasteiger charge is 2.61. The van der Waals surface area contributed by atoms with Crippen molar-refractivity contribution < 1.29 is 14.7 Å². The highest BCUT2D eigenvalue weighted by molar-refractivity contribution is 6.09. The summed E-state index contributed by atoms with van der Waals surface area (Å²) in [5.74, 6) is -1.10. The van der Waals surface area contributed by atoms with Crippen molar-refractivity contribution in [2.45, 2.75) is 40.2 Å². The number of aliphatic hydroxyl groups excluding tert-OH is 1. The van der Waals surface area contributed by atoms with Crippen molar-refractivity contribution in [1.29, 1.82) is 10.5 Å². The lowest BCUT2D eigenvalue weighted by Crippen LogP contribution is -2.58. The molecule has 0 radical (unpaired) electrons. The van der Waals surface area contributed by atoms with E-state index in [1.54, 1.807) is 26.0 Å². The van der Waals surface area contributed by atoms with Crippen molar-refractivity contribution in [1.82, 2.24) is 0 Å². The minimum atomic E-state index is -0.932. The van der Waals surface area contributed by atoms with Gasteiger partial charge in [-0.1, -0.05) is 39.8 Å². The molecular formula is C20H20N2O3. The molecule has 1 saturated carbocycles. The molecule has 5 heteroatoms. The molecule has 3 rings (SSSR count). The van der Waals surface area contributed by atoms with E-state index in [1.165, 1.54) is 6.08 Å². The van der Waals surface area contributed by atoms with Crippen LogP contribution in [0.3, 0.4) is 0 Å². The van der Waals surface area contributed by atoms with Crippen LogP contribution in [0.2, 0.25) is 0 Å². The van der Waals surface area contributed by atoms with Crippen LogP contribution in [0.1, 0.15) is 34.1 Å². The molecule has 0 spiro atoms. The number of allylic oxidation sites excluding steroid dienone is 6. The summed E-state index contributed by atoms with van der Waals surface area (Å²) in [4.78, 5) is 25.0. The summed E-state index contributed by atoms with van der Waals surface area (Å²) in [7, 11) is 0. The first-order chi connectivity index (χ1) is 11.5. The van der Waals surface area contributed by atoms with Gasteiger partial charge in [0.25, 0.3) is 0 Å². The summed E-state index contributed by atoms with van der Waals surface area (Å²) in [5.41, 5.74) is -1.54. The second kappa shape index (κ2) is 5.00. The van der Waals surface area contributed by atoms with Crippen LogP contribution in [-0.2, 0) is 9.59 Å². The van der Waals surface area contributed by atoms with Gasteiger partial charge in [-0.15, -0.1) is 0 Å².